The molecule has 0 saturated carbocycles. The summed E-state index contributed by atoms with van der Waals surface area (Å²) >= 11 is 0. The van der Waals surface area contributed by atoms with Crippen molar-refractivity contribution in [3.05, 3.63) is 29.8 Å². The Morgan fingerprint density at radius 1 is 1.31 bits per heavy atom. The molecule has 0 unspecified atom stereocenters. The van der Waals surface area contributed by atoms with Gasteiger partial charge in [0, 0.05) is 5.69 Å². The predicted octanol–water partition coefficient (Wildman–Crippen LogP) is 1.37. The number of ether oxygens (including phenoxy) is 1. The molecule has 1 saturated heterocycles. The third-order valence-corrected chi connectivity index (χ3v) is 2.02. The van der Waals surface area contributed by atoms with E-state index >= 15 is 0 Å². The smallest absolute Gasteiger partial charge is 0.0991 e. The molecule has 1 aromatic rings. The Balaban J connectivity index is 2.01. The molecule has 3 heteroatoms. The molecule has 1 aromatic carbocycles. The zero-order chi connectivity index (χ0) is 9.10. The van der Waals surface area contributed by atoms with Gasteiger partial charge in [0.15, 0.2) is 0 Å². The predicted molar refractivity (Wildman–Crippen MR) is 49.4 cm³/mol. The summed E-state index contributed by atoms with van der Waals surface area (Å²) in [6, 6.07) is 9.96. The fraction of sp³-hybridized carbons (Fsp3) is 0.300. The second kappa shape index (κ2) is 3.46. The molecule has 0 spiro atoms. The quantitative estimate of drug-likeness (QED) is 0.736. The molecule has 0 aromatic heterocycles. The minimum Gasteiger partial charge on any atom is -0.378 e. The first-order valence-corrected chi connectivity index (χ1v) is 4.23. The Morgan fingerprint density at radius 2 is 2.00 bits per heavy atom. The van der Waals surface area contributed by atoms with Crippen LogP contribution in [0.3, 0.4) is 0 Å². The summed E-state index contributed by atoms with van der Waals surface area (Å²) in [5, 5.41) is 11.9. The van der Waals surface area contributed by atoms with E-state index in [0.29, 0.717) is 11.6 Å². The molecule has 3 nitrogen and oxygen atoms in total. The summed E-state index contributed by atoms with van der Waals surface area (Å²) in [4.78, 5) is 0. The lowest BCUT2D eigenvalue weighted by molar-refractivity contribution is 0.0211. The molecular formula is C10H10N2O. The molecule has 0 aliphatic carbocycles. The highest BCUT2D eigenvalue weighted by atomic mass is 16.5. The highest BCUT2D eigenvalue weighted by Crippen LogP contribution is 2.13. The maximum Gasteiger partial charge on any atom is 0.0991 e. The van der Waals surface area contributed by atoms with E-state index in [9.17, 15) is 0 Å². The van der Waals surface area contributed by atoms with Crippen LogP contribution in [0.4, 0.5) is 5.69 Å². The largest absolute Gasteiger partial charge is 0.378 e. The number of rotatable bonds is 2. The highest BCUT2D eigenvalue weighted by molar-refractivity contribution is 5.48. The van der Waals surface area contributed by atoms with Gasteiger partial charge in [-0.15, -0.1) is 0 Å². The van der Waals surface area contributed by atoms with Gasteiger partial charge >= 0.3 is 0 Å². The van der Waals surface area contributed by atoms with Gasteiger partial charge in [0.2, 0.25) is 0 Å². The summed E-state index contributed by atoms with van der Waals surface area (Å²) in [5.74, 6) is 0. The molecule has 0 atom stereocenters. The van der Waals surface area contributed by atoms with Crippen LogP contribution in [0.1, 0.15) is 5.56 Å². The molecule has 1 N–H and O–H groups in total. The minimum atomic E-state index is 0.438. The second-order valence-electron chi connectivity index (χ2n) is 3.07. The topological polar surface area (TPSA) is 45.0 Å². The molecular weight excluding hydrogens is 164 g/mol. The zero-order valence-electron chi connectivity index (χ0n) is 7.16. The molecule has 0 bridgehead atoms. The first-order valence-electron chi connectivity index (χ1n) is 4.23. The lowest BCUT2D eigenvalue weighted by Crippen LogP contribution is -2.40. The maximum atomic E-state index is 8.58. The average Bonchev–Trinajstić information content (AvgIpc) is 2.12. The average molecular weight is 174 g/mol. The third kappa shape index (κ3) is 1.79. The van der Waals surface area contributed by atoms with Crippen molar-refractivity contribution in [3.8, 4) is 6.07 Å². The standard InChI is InChI=1S/C10H10N2O/c11-5-8-1-3-9(4-2-8)12-10-6-13-7-10/h1-4,10,12H,6-7H2. The van der Waals surface area contributed by atoms with Gasteiger partial charge in [0.1, 0.15) is 0 Å². The summed E-state index contributed by atoms with van der Waals surface area (Å²) in [6.45, 7) is 1.56. The first kappa shape index (κ1) is 8.09. The van der Waals surface area contributed by atoms with E-state index in [1.807, 2.05) is 24.3 Å². The van der Waals surface area contributed by atoms with Crippen LogP contribution in [-0.4, -0.2) is 19.3 Å². The Labute approximate surface area is 76.9 Å². The lowest BCUT2D eigenvalue weighted by Gasteiger charge is -2.27. The van der Waals surface area contributed by atoms with E-state index in [4.69, 9.17) is 10.00 Å². The number of hydrogen-bond acceptors (Lipinski definition) is 3. The zero-order valence-corrected chi connectivity index (χ0v) is 7.16. The fourth-order valence-electron chi connectivity index (χ4n) is 1.20. The molecule has 13 heavy (non-hydrogen) atoms. The van der Waals surface area contributed by atoms with E-state index in [-0.39, 0.29) is 0 Å². The van der Waals surface area contributed by atoms with Crippen LogP contribution >= 0.6 is 0 Å². The normalized spacial score (nSPS) is 15.9. The first-order chi connectivity index (χ1) is 6.38. The molecule has 2 rings (SSSR count). The Bertz CT molecular complexity index is 322. The van der Waals surface area contributed by atoms with Crippen LogP contribution in [0.25, 0.3) is 0 Å². The number of benzene rings is 1. The molecule has 0 radical (unpaired) electrons. The van der Waals surface area contributed by atoms with Gasteiger partial charge in [0.05, 0.1) is 30.9 Å². The van der Waals surface area contributed by atoms with Gasteiger partial charge in [0.25, 0.3) is 0 Å². The van der Waals surface area contributed by atoms with Gasteiger partial charge in [-0.2, -0.15) is 5.26 Å². The van der Waals surface area contributed by atoms with Gasteiger partial charge < -0.3 is 10.1 Å². The van der Waals surface area contributed by atoms with Gasteiger partial charge in [-0.25, -0.2) is 0 Å². The van der Waals surface area contributed by atoms with Gasteiger partial charge in [-0.05, 0) is 24.3 Å². The van der Waals surface area contributed by atoms with Crippen LogP contribution in [-0.2, 0) is 4.74 Å². The number of hydrogen-bond donors (Lipinski definition) is 1. The fourth-order valence-corrected chi connectivity index (χ4v) is 1.20. The number of anilines is 1. The van der Waals surface area contributed by atoms with Crippen molar-refractivity contribution in [3.63, 3.8) is 0 Å². The summed E-state index contributed by atoms with van der Waals surface area (Å²) in [5.41, 5.74) is 1.74. The maximum absolute atomic E-state index is 8.58. The molecule has 0 amide bonds. The van der Waals surface area contributed by atoms with Crippen molar-refractivity contribution < 1.29 is 4.74 Å². The van der Waals surface area contributed by atoms with Crippen LogP contribution in [0.2, 0.25) is 0 Å². The molecule has 1 aliphatic heterocycles. The van der Waals surface area contributed by atoms with E-state index in [1.54, 1.807) is 0 Å². The van der Waals surface area contributed by atoms with Crippen LogP contribution in [0.5, 0.6) is 0 Å². The summed E-state index contributed by atoms with van der Waals surface area (Å²) in [6.07, 6.45) is 0. The van der Waals surface area contributed by atoms with Crippen LogP contribution < -0.4 is 5.32 Å². The van der Waals surface area contributed by atoms with E-state index in [2.05, 4.69) is 11.4 Å². The van der Waals surface area contributed by atoms with Crippen LogP contribution in [0.15, 0.2) is 24.3 Å². The van der Waals surface area contributed by atoms with Gasteiger partial charge in [-0.3, -0.25) is 0 Å². The Kier molecular flexibility index (Phi) is 2.15. The molecule has 1 heterocycles. The number of nitrogens with zero attached hydrogens (tertiary/aromatic N) is 1. The van der Waals surface area contributed by atoms with Crippen LogP contribution in [0, 0.1) is 11.3 Å². The van der Waals surface area contributed by atoms with E-state index < -0.39 is 0 Å². The lowest BCUT2D eigenvalue weighted by atomic mass is 10.2. The monoisotopic (exact) mass is 174 g/mol. The van der Waals surface area contributed by atoms with E-state index in [0.717, 1.165) is 18.9 Å². The molecule has 66 valence electrons. The summed E-state index contributed by atoms with van der Waals surface area (Å²) in [7, 11) is 0. The highest BCUT2D eigenvalue weighted by Gasteiger charge is 2.17. The van der Waals surface area contributed by atoms with Crippen molar-refractivity contribution in [1.29, 1.82) is 5.26 Å². The summed E-state index contributed by atoms with van der Waals surface area (Å²) < 4.78 is 5.04. The van der Waals surface area contributed by atoms with Crippen molar-refractivity contribution in [2.75, 3.05) is 18.5 Å². The van der Waals surface area contributed by atoms with Crippen molar-refractivity contribution in [2.45, 2.75) is 6.04 Å². The Hall–Kier alpha value is -1.53. The second-order valence-corrected chi connectivity index (χ2v) is 3.07. The number of nitrogens with one attached hydrogen (secondary N) is 1. The number of nitriles is 1. The Morgan fingerprint density at radius 3 is 2.46 bits per heavy atom. The van der Waals surface area contributed by atoms with Gasteiger partial charge in [-0.1, -0.05) is 0 Å². The van der Waals surface area contributed by atoms with Crippen molar-refractivity contribution in [1.82, 2.24) is 0 Å². The van der Waals surface area contributed by atoms with E-state index in [1.165, 1.54) is 0 Å². The van der Waals surface area contributed by atoms with Crippen molar-refractivity contribution >= 4 is 5.69 Å². The van der Waals surface area contributed by atoms with Crippen molar-refractivity contribution in [2.24, 2.45) is 0 Å². The molecule has 1 aliphatic rings. The third-order valence-electron chi connectivity index (χ3n) is 2.02. The SMILES string of the molecule is N#Cc1ccc(NC2COC2)cc1. The minimum absolute atomic E-state index is 0.438. The molecule has 1 fully saturated rings.